The molecule has 0 aliphatic carbocycles. The van der Waals surface area contributed by atoms with E-state index < -0.39 is 11.9 Å². The molecule has 34 heavy (non-hydrogen) atoms. The van der Waals surface area contributed by atoms with Crippen molar-refractivity contribution in [2.75, 3.05) is 14.2 Å². The van der Waals surface area contributed by atoms with Crippen LogP contribution in [-0.4, -0.2) is 34.9 Å². The quantitative estimate of drug-likeness (QED) is 0.335. The van der Waals surface area contributed by atoms with Crippen molar-refractivity contribution in [3.63, 3.8) is 0 Å². The van der Waals surface area contributed by atoms with E-state index in [1.54, 1.807) is 49.4 Å². The molecule has 0 spiro atoms. The highest BCUT2D eigenvalue weighted by atomic mass is 19.4. The number of fused-ring (bicyclic) bond motifs is 1. The Bertz CT molecular complexity index is 1330. The SMILES string of the molecule is COc1ccc(-c2c(C)nn3c(C(F)(F)F)cc(-c4ccc(OC(C)C)cc4)nc23)cc1OC. The molecule has 0 fully saturated rings. The lowest BCUT2D eigenvalue weighted by Crippen LogP contribution is -2.13. The zero-order chi connectivity index (χ0) is 24.6. The van der Waals surface area contributed by atoms with Gasteiger partial charge in [0.05, 0.1) is 31.7 Å². The van der Waals surface area contributed by atoms with Crippen molar-refractivity contribution in [1.29, 1.82) is 0 Å². The van der Waals surface area contributed by atoms with Crippen LogP contribution in [-0.2, 0) is 6.18 Å². The molecule has 0 atom stereocenters. The molecule has 9 heteroatoms. The fourth-order valence-corrected chi connectivity index (χ4v) is 3.78. The van der Waals surface area contributed by atoms with Gasteiger partial charge in [0.25, 0.3) is 0 Å². The molecule has 2 aromatic heterocycles. The Morgan fingerprint density at radius 2 is 1.53 bits per heavy atom. The molecule has 2 aromatic carbocycles. The first-order valence-electron chi connectivity index (χ1n) is 10.6. The van der Waals surface area contributed by atoms with E-state index in [0.717, 1.165) is 10.6 Å². The molecule has 2 heterocycles. The third-order valence-electron chi connectivity index (χ3n) is 5.25. The van der Waals surface area contributed by atoms with Gasteiger partial charge in [0.15, 0.2) is 22.8 Å². The average molecular weight is 471 g/mol. The van der Waals surface area contributed by atoms with E-state index in [0.29, 0.717) is 39.6 Å². The number of nitrogens with zero attached hydrogens (tertiary/aromatic N) is 3. The van der Waals surface area contributed by atoms with Crippen LogP contribution in [0, 0.1) is 6.92 Å². The Hall–Kier alpha value is -3.75. The maximum Gasteiger partial charge on any atom is 0.433 e. The van der Waals surface area contributed by atoms with Gasteiger partial charge in [-0.25, -0.2) is 9.50 Å². The Morgan fingerprint density at radius 3 is 2.12 bits per heavy atom. The summed E-state index contributed by atoms with van der Waals surface area (Å²) in [6.07, 6.45) is -4.65. The molecule has 0 bridgehead atoms. The lowest BCUT2D eigenvalue weighted by molar-refractivity contribution is -0.142. The van der Waals surface area contributed by atoms with Crippen molar-refractivity contribution in [1.82, 2.24) is 14.6 Å². The minimum atomic E-state index is -4.63. The van der Waals surface area contributed by atoms with Gasteiger partial charge in [-0.3, -0.25) is 0 Å². The second-order valence-corrected chi connectivity index (χ2v) is 7.98. The number of aromatic nitrogens is 3. The molecule has 6 nitrogen and oxygen atoms in total. The van der Waals surface area contributed by atoms with Crippen LogP contribution in [0.2, 0.25) is 0 Å². The Labute approximate surface area is 194 Å². The van der Waals surface area contributed by atoms with Gasteiger partial charge in [0, 0.05) is 11.1 Å². The van der Waals surface area contributed by atoms with Crippen LogP contribution < -0.4 is 14.2 Å². The first-order valence-corrected chi connectivity index (χ1v) is 10.6. The largest absolute Gasteiger partial charge is 0.493 e. The summed E-state index contributed by atoms with van der Waals surface area (Å²) in [5.74, 6) is 1.59. The van der Waals surface area contributed by atoms with Crippen molar-refractivity contribution in [2.24, 2.45) is 0 Å². The fourth-order valence-electron chi connectivity index (χ4n) is 3.78. The van der Waals surface area contributed by atoms with Gasteiger partial charge < -0.3 is 14.2 Å². The van der Waals surface area contributed by atoms with Gasteiger partial charge in [-0.2, -0.15) is 18.3 Å². The summed E-state index contributed by atoms with van der Waals surface area (Å²) in [7, 11) is 3.01. The molecular weight excluding hydrogens is 447 g/mol. The normalized spacial score (nSPS) is 11.8. The summed E-state index contributed by atoms with van der Waals surface area (Å²) >= 11 is 0. The minimum absolute atomic E-state index is 0.0176. The molecule has 4 aromatic rings. The lowest BCUT2D eigenvalue weighted by Gasteiger charge is -2.13. The highest BCUT2D eigenvalue weighted by Crippen LogP contribution is 2.38. The lowest BCUT2D eigenvalue weighted by atomic mass is 10.0. The smallest absolute Gasteiger partial charge is 0.433 e. The minimum Gasteiger partial charge on any atom is -0.493 e. The third kappa shape index (κ3) is 4.37. The monoisotopic (exact) mass is 471 g/mol. The molecule has 0 radical (unpaired) electrons. The van der Waals surface area contributed by atoms with Gasteiger partial charge in [-0.1, -0.05) is 6.07 Å². The van der Waals surface area contributed by atoms with E-state index in [1.165, 1.54) is 14.2 Å². The zero-order valence-corrected chi connectivity index (χ0v) is 19.4. The molecule has 4 rings (SSSR count). The topological polar surface area (TPSA) is 57.9 Å². The van der Waals surface area contributed by atoms with Crippen LogP contribution in [0.4, 0.5) is 13.2 Å². The molecular formula is C25H24F3N3O3. The summed E-state index contributed by atoms with van der Waals surface area (Å²) in [5.41, 5.74) is 1.39. The van der Waals surface area contributed by atoms with Crippen LogP contribution in [0.25, 0.3) is 28.0 Å². The first kappa shape index (κ1) is 23.4. The number of benzene rings is 2. The number of hydrogen-bond acceptors (Lipinski definition) is 5. The van der Waals surface area contributed by atoms with Crippen LogP contribution in [0.3, 0.4) is 0 Å². The number of ether oxygens (including phenoxy) is 3. The van der Waals surface area contributed by atoms with E-state index in [2.05, 4.69) is 10.1 Å². The first-order chi connectivity index (χ1) is 16.1. The van der Waals surface area contributed by atoms with Crippen LogP contribution in [0.1, 0.15) is 25.2 Å². The standard InChI is InChI=1S/C25H24F3N3O3/c1-14(2)34-18-9-6-16(7-10-18)19-13-22(25(26,27)28)31-24(29-19)23(15(3)30-31)17-8-11-20(32-4)21(12-17)33-5/h6-14H,1-5H3. The number of rotatable bonds is 6. The van der Waals surface area contributed by atoms with Crippen molar-refractivity contribution < 1.29 is 27.4 Å². The maximum absolute atomic E-state index is 14.0. The van der Waals surface area contributed by atoms with Crippen LogP contribution in [0.15, 0.2) is 48.5 Å². The summed E-state index contributed by atoms with van der Waals surface area (Å²) in [6, 6.07) is 12.9. The molecule has 0 saturated heterocycles. The van der Waals surface area contributed by atoms with Crippen LogP contribution in [0.5, 0.6) is 17.2 Å². The molecule has 0 aliphatic rings. The highest BCUT2D eigenvalue weighted by molar-refractivity contribution is 5.82. The summed E-state index contributed by atoms with van der Waals surface area (Å²) in [6.45, 7) is 5.45. The Kier molecular flexibility index (Phi) is 6.12. The van der Waals surface area contributed by atoms with Crippen LogP contribution >= 0.6 is 0 Å². The summed E-state index contributed by atoms with van der Waals surface area (Å²) < 4.78 is 59.2. The molecule has 178 valence electrons. The van der Waals surface area contributed by atoms with Gasteiger partial charge in [0.2, 0.25) is 0 Å². The fraction of sp³-hybridized carbons (Fsp3) is 0.280. The van der Waals surface area contributed by atoms with Gasteiger partial charge in [-0.15, -0.1) is 0 Å². The number of hydrogen-bond donors (Lipinski definition) is 0. The maximum atomic E-state index is 14.0. The zero-order valence-electron chi connectivity index (χ0n) is 19.4. The number of methoxy groups -OCH3 is 2. The van der Waals surface area contributed by atoms with E-state index >= 15 is 0 Å². The second-order valence-electron chi connectivity index (χ2n) is 7.98. The molecule has 0 N–H and O–H groups in total. The van der Waals surface area contributed by atoms with Crippen molar-refractivity contribution in [3.8, 4) is 39.6 Å². The molecule has 0 aliphatic heterocycles. The van der Waals surface area contributed by atoms with Crippen molar-refractivity contribution in [2.45, 2.75) is 33.1 Å². The van der Waals surface area contributed by atoms with Gasteiger partial charge >= 0.3 is 6.18 Å². The Balaban J connectivity index is 1.93. The number of alkyl halides is 3. The molecule has 0 saturated carbocycles. The summed E-state index contributed by atoms with van der Waals surface area (Å²) in [5, 5.41) is 4.18. The van der Waals surface area contributed by atoms with E-state index in [1.807, 2.05) is 13.8 Å². The molecule has 0 unspecified atom stereocenters. The van der Waals surface area contributed by atoms with Crippen molar-refractivity contribution in [3.05, 3.63) is 59.9 Å². The highest BCUT2D eigenvalue weighted by Gasteiger charge is 2.36. The van der Waals surface area contributed by atoms with Gasteiger partial charge in [-0.05, 0) is 68.8 Å². The Morgan fingerprint density at radius 1 is 0.882 bits per heavy atom. The van der Waals surface area contributed by atoms with E-state index in [9.17, 15) is 13.2 Å². The van der Waals surface area contributed by atoms with E-state index in [-0.39, 0.29) is 17.4 Å². The second kappa shape index (κ2) is 8.89. The third-order valence-corrected chi connectivity index (χ3v) is 5.25. The van der Waals surface area contributed by atoms with Crippen molar-refractivity contribution >= 4 is 5.65 Å². The predicted octanol–water partition coefficient (Wildman–Crippen LogP) is 6.19. The molecule has 0 amide bonds. The summed E-state index contributed by atoms with van der Waals surface area (Å²) in [4.78, 5) is 4.59. The number of aryl methyl sites for hydroxylation is 1. The van der Waals surface area contributed by atoms with E-state index in [4.69, 9.17) is 14.2 Å². The number of halogens is 3. The van der Waals surface area contributed by atoms with Gasteiger partial charge in [0.1, 0.15) is 5.75 Å². The predicted molar refractivity (Wildman–Crippen MR) is 122 cm³/mol. The average Bonchev–Trinajstić information content (AvgIpc) is 3.12.